The van der Waals surface area contributed by atoms with Gasteiger partial charge < -0.3 is 52.5 Å². The second-order valence-electron chi connectivity index (χ2n) is 9.15. The van der Waals surface area contributed by atoms with Crippen LogP contribution in [0.4, 0.5) is 0 Å². The van der Waals surface area contributed by atoms with Gasteiger partial charge in [-0.25, -0.2) is 0 Å². The van der Waals surface area contributed by atoms with Crippen LogP contribution in [0.2, 0.25) is 0 Å². The maximum absolute atomic E-state index is 12.3. The normalized spacial score (nSPS) is 12.9. The second-order valence-corrected chi connectivity index (χ2v) is 9.15. The molecule has 0 fully saturated rings. The SMILES string of the molecule is O=C1c2ccccc2C(=O)N1CCOCCOCCOCCOCCOCCOCCOCCOCCOCCOCCO. The highest BCUT2D eigenvalue weighted by Gasteiger charge is 2.34. The Kier molecular flexibility index (Phi) is 23.6. The van der Waals surface area contributed by atoms with E-state index in [-0.39, 0.29) is 31.6 Å². The maximum Gasteiger partial charge on any atom is 0.261 e. The molecule has 1 aromatic carbocycles. The Balaban J connectivity index is 1.19. The Morgan fingerprint density at radius 2 is 0.659 bits per heavy atom. The van der Waals surface area contributed by atoms with Gasteiger partial charge in [0.25, 0.3) is 11.8 Å². The molecule has 1 heterocycles. The third-order valence-corrected chi connectivity index (χ3v) is 5.92. The minimum atomic E-state index is -0.279. The van der Waals surface area contributed by atoms with Gasteiger partial charge in [-0.2, -0.15) is 0 Å². The van der Waals surface area contributed by atoms with Crippen LogP contribution in [-0.2, 0) is 47.4 Å². The number of nitrogens with zero attached hydrogens (tertiary/aromatic N) is 1. The summed E-state index contributed by atoms with van der Waals surface area (Å²) >= 11 is 0. The van der Waals surface area contributed by atoms with Gasteiger partial charge in [-0.3, -0.25) is 14.5 Å². The van der Waals surface area contributed by atoms with Crippen LogP contribution >= 0.6 is 0 Å². The van der Waals surface area contributed by atoms with Crippen LogP contribution in [0, 0.1) is 0 Å². The predicted octanol–water partition coefficient (Wildman–Crippen LogP) is 0.441. The number of aliphatic hydroxyl groups is 1. The molecule has 0 radical (unpaired) electrons. The monoisotopic (exact) mass is 631 g/mol. The van der Waals surface area contributed by atoms with Crippen LogP contribution in [-0.4, -0.2) is 167 Å². The first kappa shape index (κ1) is 38.1. The van der Waals surface area contributed by atoms with Crippen molar-refractivity contribution in [3.63, 3.8) is 0 Å². The van der Waals surface area contributed by atoms with Crippen LogP contribution in [0.5, 0.6) is 0 Å². The number of hydrogen-bond acceptors (Lipinski definition) is 13. The summed E-state index contributed by atoms with van der Waals surface area (Å²) in [4.78, 5) is 25.8. The van der Waals surface area contributed by atoms with Crippen molar-refractivity contribution in [3.8, 4) is 0 Å². The Morgan fingerprint density at radius 1 is 0.409 bits per heavy atom. The molecular weight excluding hydrogens is 582 g/mol. The van der Waals surface area contributed by atoms with Gasteiger partial charge in [0.05, 0.1) is 156 Å². The smallest absolute Gasteiger partial charge is 0.261 e. The molecule has 0 unspecified atom stereocenters. The molecule has 1 aliphatic rings. The molecule has 252 valence electrons. The molecule has 2 rings (SSSR count). The molecule has 0 atom stereocenters. The first-order valence-corrected chi connectivity index (χ1v) is 15.1. The summed E-state index contributed by atoms with van der Waals surface area (Å²) < 4.78 is 54.0. The summed E-state index contributed by atoms with van der Waals surface area (Å²) in [7, 11) is 0. The van der Waals surface area contributed by atoms with E-state index >= 15 is 0 Å². The third-order valence-electron chi connectivity index (χ3n) is 5.92. The van der Waals surface area contributed by atoms with E-state index in [4.69, 9.17) is 52.5 Å². The van der Waals surface area contributed by atoms with Crippen molar-refractivity contribution in [2.75, 3.05) is 145 Å². The van der Waals surface area contributed by atoms with Crippen molar-refractivity contribution >= 4 is 11.8 Å². The first-order chi connectivity index (χ1) is 21.8. The molecule has 0 spiro atoms. The zero-order chi connectivity index (χ0) is 31.3. The molecular formula is C30H49NO13. The summed E-state index contributed by atoms with van der Waals surface area (Å²) in [5.74, 6) is -0.558. The van der Waals surface area contributed by atoms with Crippen LogP contribution in [0.1, 0.15) is 20.7 Å². The quantitative estimate of drug-likeness (QED) is 0.0867. The van der Waals surface area contributed by atoms with Crippen molar-refractivity contribution in [1.82, 2.24) is 4.90 Å². The van der Waals surface area contributed by atoms with Crippen molar-refractivity contribution in [2.45, 2.75) is 0 Å². The standard InChI is InChI=1S/C30H49NO13/c32-6-8-36-10-12-38-14-16-40-18-20-42-22-24-44-26-25-43-23-21-41-19-17-39-15-13-37-11-9-35-7-5-31-29(33)27-3-1-2-4-28(27)30(31)34/h1-4,32H,5-26H2. The fourth-order valence-electron chi connectivity index (χ4n) is 3.74. The fourth-order valence-corrected chi connectivity index (χ4v) is 3.74. The van der Waals surface area contributed by atoms with E-state index < -0.39 is 0 Å². The molecule has 0 saturated heterocycles. The van der Waals surface area contributed by atoms with E-state index in [1.807, 2.05) is 0 Å². The van der Waals surface area contributed by atoms with Crippen LogP contribution < -0.4 is 0 Å². The topological polar surface area (TPSA) is 150 Å². The molecule has 0 aromatic heterocycles. The molecule has 1 aromatic rings. The number of fused-ring (bicyclic) bond motifs is 1. The second kappa shape index (κ2) is 27.2. The Labute approximate surface area is 259 Å². The summed E-state index contributed by atoms with van der Waals surface area (Å²) in [5, 5.41) is 8.57. The van der Waals surface area contributed by atoms with Gasteiger partial charge in [0, 0.05) is 0 Å². The summed E-state index contributed by atoms with van der Waals surface area (Å²) in [6.07, 6.45) is 0. The average Bonchev–Trinajstić information content (AvgIpc) is 3.28. The zero-order valence-electron chi connectivity index (χ0n) is 25.7. The number of benzene rings is 1. The Hall–Kier alpha value is -2.08. The molecule has 44 heavy (non-hydrogen) atoms. The predicted molar refractivity (Wildman–Crippen MR) is 157 cm³/mol. The van der Waals surface area contributed by atoms with Gasteiger partial charge in [-0.15, -0.1) is 0 Å². The van der Waals surface area contributed by atoms with E-state index in [0.717, 1.165) is 0 Å². The highest BCUT2D eigenvalue weighted by atomic mass is 16.6. The van der Waals surface area contributed by atoms with Gasteiger partial charge in [-0.05, 0) is 12.1 Å². The zero-order valence-corrected chi connectivity index (χ0v) is 25.7. The number of ether oxygens (including phenoxy) is 10. The summed E-state index contributed by atoms with van der Waals surface area (Å²) in [6, 6.07) is 6.81. The van der Waals surface area contributed by atoms with E-state index in [1.165, 1.54) is 4.90 Å². The molecule has 1 N–H and O–H groups in total. The van der Waals surface area contributed by atoms with E-state index in [1.54, 1.807) is 24.3 Å². The van der Waals surface area contributed by atoms with Crippen molar-refractivity contribution < 1.29 is 62.1 Å². The van der Waals surface area contributed by atoms with Gasteiger partial charge in [0.2, 0.25) is 0 Å². The van der Waals surface area contributed by atoms with Gasteiger partial charge in [0.15, 0.2) is 0 Å². The third kappa shape index (κ3) is 18.0. The van der Waals surface area contributed by atoms with Crippen molar-refractivity contribution in [1.29, 1.82) is 0 Å². The van der Waals surface area contributed by atoms with E-state index in [9.17, 15) is 9.59 Å². The van der Waals surface area contributed by atoms with Gasteiger partial charge in [-0.1, -0.05) is 12.1 Å². The highest BCUT2D eigenvalue weighted by Crippen LogP contribution is 2.21. The molecule has 0 saturated carbocycles. The van der Waals surface area contributed by atoms with Gasteiger partial charge in [0.1, 0.15) is 0 Å². The lowest BCUT2D eigenvalue weighted by Gasteiger charge is -2.13. The lowest BCUT2D eigenvalue weighted by Crippen LogP contribution is -2.33. The molecule has 1 aliphatic heterocycles. The molecule has 0 aliphatic carbocycles. The van der Waals surface area contributed by atoms with Crippen molar-refractivity contribution in [2.24, 2.45) is 0 Å². The Morgan fingerprint density at radius 3 is 0.932 bits per heavy atom. The Bertz CT molecular complexity index is 825. The van der Waals surface area contributed by atoms with Crippen LogP contribution in [0.15, 0.2) is 24.3 Å². The molecule has 14 nitrogen and oxygen atoms in total. The number of imide groups is 1. The van der Waals surface area contributed by atoms with Gasteiger partial charge >= 0.3 is 0 Å². The number of amides is 2. The van der Waals surface area contributed by atoms with Crippen LogP contribution in [0.25, 0.3) is 0 Å². The number of carbonyl (C=O) groups excluding carboxylic acids is 2. The number of hydrogen-bond donors (Lipinski definition) is 1. The lowest BCUT2D eigenvalue weighted by molar-refractivity contribution is -0.0269. The largest absolute Gasteiger partial charge is 0.394 e. The number of rotatable bonds is 32. The summed E-state index contributed by atoms with van der Waals surface area (Å²) in [6.45, 7) is 9.22. The van der Waals surface area contributed by atoms with Crippen molar-refractivity contribution in [3.05, 3.63) is 35.4 Å². The first-order valence-electron chi connectivity index (χ1n) is 15.1. The van der Waals surface area contributed by atoms with E-state index in [2.05, 4.69) is 0 Å². The molecule has 0 bridgehead atoms. The minimum absolute atomic E-state index is 0.0191. The molecule has 2 amide bonds. The minimum Gasteiger partial charge on any atom is -0.394 e. The fraction of sp³-hybridized carbons (Fsp3) is 0.733. The maximum atomic E-state index is 12.3. The molecule has 14 heteroatoms. The van der Waals surface area contributed by atoms with E-state index in [0.29, 0.717) is 137 Å². The summed E-state index contributed by atoms with van der Waals surface area (Å²) in [5.41, 5.74) is 0.881. The lowest BCUT2D eigenvalue weighted by atomic mass is 10.1. The number of carbonyl (C=O) groups is 2. The number of aliphatic hydroxyl groups excluding tert-OH is 1. The average molecular weight is 632 g/mol. The van der Waals surface area contributed by atoms with Crippen LogP contribution in [0.3, 0.4) is 0 Å². The highest BCUT2D eigenvalue weighted by molar-refractivity contribution is 6.21.